The maximum atomic E-state index is 4.32. The number of nitrogens with zero attached hydrogens (tertiary/aromatic N) is 2. The smallest absolute Gasteiger partial charge is 0.0711 e. The van der Waals surface area contributed by atoms with E-state index in [1.165, 1.54) is 22.0 Å². The van der Waals surface area contributed by atoms with Crippen molar-refractivity contribution in [1.82, 2.24) is 9.78 Å². The molecule has 0 amide bonds. The lowest BCUT2D eigenvalue weighted by molar-refractivity contribution is 0.794. The lowest BCUT2D eigenvalue weighted by Crippen LogP contribution is -1.94. The van der Waals surface area contributed by atoms with E-state index < -0.39 is 0 Å². The normalized spacial score (nSPS) is 11.5. The van der Waals surface area contributed by atoms with Gasteiger partial charge in [-0.25, -0.2) is 0 Å². The van der Waals surface area contributed by atoms with Crippen molar-refractivity contribution in [3.63, 3.8) is 0 Å². The minimum atomic E-state index is 0.558. The second kappa shape index (κ2) is 3.12. The molecule has 1 aromatic heterocycles. The van der Waals surface area contributed by atoms with Gasteiger partial charge in [0.25, 0.3) is 0 Å². The first kappa shape index (κ1) is 9.25. The maximum absolute atomic E-state index is 4.32. The molecule has 0 bridgehead atoms. The van der Waals surface area contributed by atoms with Crippen molar-refractivity contribution >= 4 is 10.9 Å². The lowest BCUT2D eigenvalue weighted by atomic mass is 9.98. The van der Waals surface area contributed by atoms with Gasteiger partial charge >= 0.3 is 0 Å². The summed E-state index contributed by atoms with van der Waals surface area (Å²) in [6.07, 6.45) is 1.97. The number of aryl methyl sites for hydroxylation is 2. The van der Waals surface area contributed by atoms with Gasteiger partial charge in [-0.1, -0.05) is 26.0 Å². The maximum Gasteiger partial charge on any atom is 0.0711 e. The third kappa shape index (κ3) is 1.22. The SMILES string of the molecule is Cc1ccc(C(C)C)c2cnn(C)c12. The van der Waals surface area contributed by atoms with Crippen LogP contribution in [0.2, 0.25) is 0 Å². The van der Waals surface area contributed by atoms with Crippen LogP contribution in [0.15, 0.2) is 18.3 Å². The summed E-state index contributed by atoms with van der Waals surface area (Å²) in [7, 11) is 2.00. The molecule has 14 heavy (non-hydrogen) atoms. The molecule has 0 radical (unpaired) electrons. The van der Waals surface area contributed by atoms with Gasteiger partial charge in [0.2, 0.25) is 0 Å². The molecule has 0 N–H and O–H groups in total. The fraction of sp³-hybridized carbons (Fsp3) is 0.417. The Bertz CT molecular complexity index is 466. The van der Waals surface area contributed by atoms with Gasteiger partial charge in [0, 0.05) is 12.4 Å². The summed E-state index contributed by atoms with van der Waals surface area (Å²) in [6.45, 7) is 6.57. The molecule has 0 fully saturated rings. The number of aromatic nitrogens is 2. The van der Waals surface area contributed by atoms with Gasteiger partial charge in [0.1, 0.15) is 0 Å². The van der Waals surface area contributed by atoms with Gasteiger partial charge < -0.3 is 0 Å². The van der Waals surface area contributed by atoms with Crippen molar-refractivity contribution in [2.45, 2.75) is 26.7 Å². The van der Waals surface area contributed by atoms with E-state index in [2.05, 4.69) is 38.0 Å². The van der Waals surface area contributed by atoms with Crippen molar-refractivity contribution in [1.29, 1.82) is 0 Å². The largest absolute Gasteiger partial charge is 0.268 e. The Labute approximate surface area is 84.5 Å². The monoisotopic (exact) mass is 188 g/mol. The molecule has 0 unspecified atom stereocenters. The first-order chi connectivity index (χ1) is 6.61. The minimum Gasteiger partial charge on any atom is -0.268 e. The van der Waals surface area contributed by atoms with Crippen LogP contribution in [-0.4, -0.2) is 9.78 Å². The third-order valence-electron chi connectivity index (χ3n) is 2.76. The highest BCUT2D eigenvalue weighted by Gasteiger charge is 2.09. The van der Waals surface area contributed by atoms with Crippen LogP contribution in [0.3, 0.4) is 0 Å². The summed E-state index contributed by atoms with van der Waals surface area (Å²) < 4.78 is 1.95. The summed E-state index contributed by atoms with van der Waals surface area (Å²) in [5.41, 5.74) is 3.94. The topological polar surface area (TPSA) is 17.8 Å². The van der Waals surface area contributed by atoms with Crippen LogP contribution in [-0.2, 0) is 7.05 Å². The van der Waals surface area contributed by atoms with E-state index in [1.807, 2.05) is 17.9 Å². The van der Waals surface area contributed by atoms with E-state index in [1.54, 1.807) is 0 Å². The highest BCUT2D eigenvalue weighted by Crippen LogP contribution is 2.26. The van der Waals surface area contributed by atoms with Crippen molar-refractivity contribution in [2.75, 3.05) is 0 Å². The molecule has 0 aliphatic carbocycles. The van der Waals surface area contributed by atoms with E-state index in [9.17, 15) is 0 Å². The molecule has 2 aromatic rings. The Morgan fingerprint density at radius 1 is 1.29 bits per heavy atom. The Morgan fingerprint density at radius 3 is 2.64 bits per heavy atom. The van der Waals surface area contributed by atoms with Crippen LogP contribution in [0.4, 0.5) is 0 Å². The minimum absolute atomic E-state index is 0.558. The molecule has 2 heteroatoms. The summed E-state index contributed by atoms with van der Waals surface area (Å²) in [4.78, 5) is 0. The lowest BCUT2D eigenvalue weighted by Gasteiger charge is -2.08. The second-order valence-electron chi connectivity index (χ2n) is 4.16. The standard InChI is InChI=1S/C12H16N2/c1-8(2)10-6-5-9(3)12-11(10)7-13-14(12)4/h5-8H,1-4H3. The number of rotatable bonds is 1. The molecular weight excluding hydrogens is 172 g/mol. The average Bonchev–Trinajstić information content (AvgIpc) is 2.49. The van der Waals surface area contributed by atoms with E-state index in [4.69, 9.17) is 0 Å². The Balaban J connectivity index is 2.83. The van der Waals surface area contributed by atoms with Crippen LogP contribution in [0.5, 0.6) is 0 Å². The Morgan fingerprint density at radius 2 is 2.00 bits per heavy atom. The predicted molar refractivity (Wildman–Crippen MR) is 59.5 cm³/mol. The molecule has 0 saturated carbocycles. The summed E-state index contributed by atoms with van der Waals surface area (Å²) >= 11 is 0. The molecule has 2 nitrogen and oxygen atoms in total. The van der Waals surface area contributed by atoms with E-state index in [0.29, 0.717) is 5.92 Å². The van der Waals surface area contributed by atoms with Gasteiger partial charge in [-0.15, -0.1) is 0 Å². The number of hydrogen-bond acceptors (Lipinski definition) is 1. The fourth-order valence-corrected chi connectivity index (χ4v) is 2.00. The first-order valence-electron chi connectivity index (χ1n) is 5.02. The summed E-state index contributed by atoms with van der Waals surface area (Å²) in [5, 5.41) is 5.61. The Hall–Kier alpha value is -1.31. The van der Waals surface area contributed by atoms with E-state index in [-0.39, 0.29) is 0 Å². The third-order valence-corrected chi connectivity index (χ3v) is 2.76. The van der Waals surface area contributed by atoms with E-state index in [0.717, 1.165) is 0 Å². The molecule has 2 rings (SSSR count). The molecule has 0 aliphatic rings. The van der Waals surface area contributed by atoms with E-state index >= 15 is 0 Å². The van der Waals surface area contributed by atoms with Crippen LogP contribution in [0.25, 0.3) is 10.9 Å². The molecule has 1 aromatic carbocycles. The number of benzene rings is 1. The fourth-order valence-electron chi connectivity index (χ4n) is 2.00. The zero-order valence-electron chi connectivity index (χ0n) is 9.20. The van der Waals surface area contributed by atoms with Crippen LogP contribution in [0.1, 0.15) is 30.9 Å². The molecule has 0 atom stereocenters. The molecule has 1 heterocycles. The molecule has 0 spiro atoms. The number of hydrogen-bond donors (Lipinski definition) is 0. The van der Waals surface area contributed by atoms with Gasteiger partial charge in [-0.3, -0.25) is 4.68 Å². The first-order valence-corrected chi connectivity index (χ1v) is 5.02. The molecule has 0 aliphatic heterocycles. The zero-order chi connectivity index (χ0) is 10.3. The summed E-state index contributed by atoms with van der Waals surface area (Å²) in [5.74, 6) is 0.558. The highest BCUT2D eigenvalue weighted by atomic mass is 15.2. The van der Waals surface area contributed by atoms with Gasteiger partial charge in [0.05, 0.1) is 11.7 Å². The molecule has 74 valence electrons. The molecule has 0 saturated heterocycles. The van der Waals surface area contributed by atoms with Crippen LogP contribution in [0, 0.1) is 6.92 Å². The van der Waals surface area contributed by atoms with Crippen molar-refractivity contribution in [3.8, 4) is 0 Å². The molecular formula is C12H16N2. The van der Waals surface area contributed by atoms with Gasteiger partial charge in [-0.2, -0.15) is 5.10 Å². The average molecular weight is 188 g/mol. The van der Waals surface area contributed by atoms with Crippen LogP contribution >= 0.6 is 0 Å². The Kier molecular flexibility index (Phi) is 2.06. The van der Waals surface area contributed by atoms with Crippen molar-refractivity contribution in [2.24, 2.45) is 7.05 Å². The highest BCUT2D eigenvalue weighted by molar-refractivity contribution is 5.85. The van der Waals surface area contributed by atoms with Gasteiger partial charge in [-0.05, 0) is 24.0 Å². The van der Waals surface area contributed by atoms with Crippen molar-refractivity contribution in [3.05, 3.63) is 29.5 Å². The van der Waals surface area contributed by atoms with Crippen molar-refractivity contribution < 1.29 is 0 Å². The second-order valence-corrected chi connectivity index (χ2v) is 4.16. The quantitative estimate of drug-likeness (QED) is 0.672. The predicted octanol–water partition coefficient (Wildman–Crippen LogP) is 3.01. The number of fused-ring (bicyclic) bond motifs is 1. The van der Waals surface area contributed by atoms with Crippen LogP contribution < -0.4 is 0 Å². The zero-order valence-corrected chi connectivity index (χ0v) is 9.20. The van der Waals surface area contributed by atoms with Gasteiger partial charge in [0.15, 0.2) is 0 Å². The summed E-state index contributed by atoms with van der Waals surface area (Å²) in [6, 6.07) is 4.39.